The summed E-state index contributed by atoms with van der Waals surface area (Å²) in [5.74, 6) is -0.260. The second-order valence-corrected chi connectivity index (χ2v) is 4.91. The molecular formula is C12H15BrClFN2O. The summed E-state index contributed by atoms with van der Waals surface area (Å²) >= 11 is 3.09. The molecule has 18 heavy (non-hydrogen) atoms. The van der Waals surface area contributed by atoms with Gasteiger partial charge in [-0.2, -0.15) is 0 Å². The molecule has 1 fully saturated rings. The van der Waals surface area contributed by atoms with Gasteiger partial charge in [0.05, 0.1) is 10.9 Å². The number of nitrogens with one attached hydrogen (secondary N) is 1. The standard InChI is InChI=1S/C12H14BrFN2O.ClH/c13-10-2-1-9(7-11(10)14)8-12(17)16-5-3-15-4-6-16;/h1-2,7,15H,3-6,8H2;1H. The van der Waals surface area contributed by atoms with Crippen LogP contribution in [0, 0.1) is 5.82 Å². The molecule has 3 nitrogen and oxygen atoms in total. The van der Waals surface area contributed by atoms with Crippen LogP contribution in [0.1, 0.15) is 5.56 Å². The molecule has 0 radical (unpaired) electrons. The van der Waals surface area contributed by atoms with E-state index >= 15 is 0 Å². The number of benzene rings is 1. The van der Waals surface area contributed by atoms with E-state index in [0.29, 0.717) is 10.0 Å². The molecule has 1 aliphatic heterocycles. The number of hydrogen-bond acceptors (Lipinski definition) is 2. The smallest absolute Gasteiger partial charge is 0.227 e. The first-order chi connectivity index (χ1) is 8.16. The average Bonchev–Trinajstić information content (AvgIpc) is 2.35. The SMILES string of the molecule is Cl.O=C(Cc1ccc(Br)c(F)c1)N1CCNCC1. The Kier molecular flexibility index (Phi) is 6.05. The van der Waals surface area contributed by atoms with Crippen molar-refractivity contribution in [3.8, 4) is 0 Å². The summed E-state index contributed by atoms with van der Waals surface area (Å²) in [5.41, 5.74) is 0.717. The van der Waals surface area contributed by atoms with Gasteiger partial charge in [-0.25, -0.2) is 4.39 Å². The van der Waals surface area contributed by atoms with Crippen LogP contribution in [0.5, 0.6) is 0 Å². The maximum absolute atomic E-state index is 13.3. The zero-order valence-corrected chi connectivity index (χ0v) is 12.2. The second kappa shape index (κ2) is 7.07. The van der Waals surface area contributed by atoms with Crippen LogP contribution in [-0.2, 0) is 11.2 Å². The number of carbonyl (C=O) groups is 1. The fraction of sp³-hybridized carbons (Fsp3) is 0.417. The monoisotopic (exact) mass is 336 g/mol. The van der Waals surface area contributed by atoms with Gasteiger partial charge >= 0.3 is 0 Å². The average molecular weight is 338 g/mol. The van der Waals surface area contributed by atoms with Gasteiger partial charge in [0.25, 0.3) is 0 Å². The van der Waals surface area contributed by atoms with Crippen molar-refractivity contribution >= 4 is 34.2 Å². The van der Waals surface area contributed by atoms with E-state index in [9.17, 15) is 9.18 Å². The fourth-order valence-corrected chi connectivity index (χ4v) is 2.10. The molecular weight excluding hydrogens is 323 g/mol. The van der Waals surface area contributed by atoms with Gasteiger partial charge in [0.1, 0.15) is 5.82 Å². The van der Waals surface area contributed by atoms with Gasteiger partial charge in [-0.15, -0.1) is 12.4 Å². The van der Waals surface area contributed by atoms with Gasteiger partial charge < -0.3 is 10.2 Å². The summed E-state index contributed by atoms with van der Waals surface area (Å²) in [4.78, 5) is 13.7. The molecule has 0 aliphatic carbocycles. The number of rotatable bonds is 2. The van der Waals surface area contributed by atoms with Crippen molar-refractivity contribution in [2.75, 3.05) is 26.2 Å². The van der Waals surface area contributed by atoms with Crippen LogP contribution in [0.3, 0.4) is 0 Å². The Morgan fingerprint density at radius 2 is 2.06 bits per heavy atom. The molecule has 1 saturated heterocycles. The predicted octanol–water partition coefficient (Wildman–Crippen LogP) is 1.98. The summed E-state index contributed by atoms with van der Waals surface area (Å²) in [6.45, 7) is 3.14. The van der Waals surface area contributed by atoms with Crippen molar-refractivity contribution in [2.24, 2.45) is 0 Å². The van der Waals surface area contributed by atoms with Crippen LogP contribution < -0.4 is 5.32 Å². The van der Waals surface area contributed by atoms with Crippen LogP contribution in [0.15, 0.2) is 22.7 Å². The summed E-state index contributed by atoms with van der Waals surface area (Å²) < 4.78 is 13.7. The minimum Gasteiger partial charge on any atom is -0.340 e. The lowest BCUT2D eigenvalue weighted by atomic mass is 10.1. The summed E-state index contributed by atoms with van der Waals surface area (Å²) in [6, 6.07) is 4.81. The Hall–Kier alpha value is -0.650. The lowest BCUT2D eigenvalue weighted by Gasteiger charge is -2.27. The molecule has 0 unspecified atom stereocenters. The van der Waals surface area contributed by atoms with E-state index in [1.54, 1.807) is 12.1 Å². The molecule has 1 heterocycles. The van der Waals surface area contributed by atoms with Crippen LogP contribution in [0.4, 0.5) is 4.39 Å². The Morgan fingerprint density at radius 3 is 2.67 bits per heavy atom. The Labute approximate surface area is 120 Å². The topological polar surface area (TPSA) is 32.3 Å². The van der Waals surface area contributed by atoms with Crippen LogP contribution in [0.2, 0.25) is 0 Å². The molecule has 0 bridgehead atoms. The van der Waals surface area contributed by atoms with Crippen molar-refractivity contribution in [3.63, 3.8) is 0 Å². The van der Waals surface area contributed by atoms with Crippen LogP contribution >= 0.6 is 28.3 Å². The zero-order valence-electron chi connectivity index (χ0n) is 9.79. The van der Waals surface area contributed by atoms with Gasteiger partial charge in [0.15, 0.2) is 0 Å². The van der Waals surface area contributed by atoms with E-state index < -0.39 is 0 Å². The normalized spacial score (nSPS) is 15.1. The third kappa shape index (κ3) is 3.93. The van der Waals surface area contributed by atoms with Crippen molar-refractivity contribution in [1.82, 2.24) is 10.2 Å². The second-order valence-electron chi connectivity index (χ2n) is 4.06. The number of nitrogens with zero attached hydrogens (tertiary/aromatic N) is 1. The molecule has 1 amide bonds. The minimum atomic E-state index is -0.324. The Bertz CT molecular complexity index is 425. The molecule has 100 valence electrons. The molecule has 0 aromatic heterocycles. The summed E-state index contributed by atoms with van der Waals surface area (Å²) in [6.07, 6.45) is 0.268. The highest BCUT2D eigenvalue weighted by Gasteiger charge is 2.16. The fourth-order valence-electron chi connectivity index (χ4n) is 1.85. The quantitative estimate of drug-likeness (QED) is 0.895. The Morgan fingerprint density at radius 1 is 1.39 bits per heavy atom. The minimum absolute atomic E-state index is 0. The summed E-state index contributed by atoms with van der Waals surface area (Å²) in [7, 11) is 0. The van der Waals surface area contributed by atoms with E-state index in [1.807, 2.05) is 4.90 Å². The summed E-state index contributed by atoms with van der Waals surface area (Å²) in [5, 5.41) is 3.19. The number of carbonyl (C=O) groups excluding carboxylic acids is 1. The highest BCUT2D eigenvalue weighted by atomic mass is 79.9. The van der Waals surface area contributed by atoms with Gasteiger partial charge in [-0.3, -0.25) is 4.79 Å². The third-order valence-corrected chi connectivity index (χ3v) is 3.45. The van der Waals surface area contributed by atoms with Crippen molar-refractivity contribution in [3.05, 3.63) is 34.1 Å². The largest absolute Gasteiger partial charge is 0.340 e. The van der Waals surface area contributed by atoms with Crippen molar-refractivity contribution in [2.45, 2.75) is 6.42 Å². The maximum Gasteiger partial charge on any atom is 0.227 e. The van der Waals surface area contributed by atoms with Crippen molar-refractivity contribution in [1.29, 1.82) is 0 Å². The third-order valence-electron chi connectivity index (χ3n) is 2.81. The Balaban J connectivity index is 0.00000162. The number of piperazine rings is 1. The predicted molar refractivity (Wildman–Crippen MR) is 74.5 cm³/mol. The first-order valence-electron chi connectivity index (χ1n) is 5.59. The lowest BCUT2D eigenvalue weighted by Crippen LogP contribution is -2.46. The van der Waals surface area contributed by atoms with Gasteiger partial charge in [-0.1, -0.05) is 6.07 Å². The maximum atomic E-state index is 13.3. The molecule has 1 N–H and O–H groups in total. The molecule has 1 aromatic rings. The van der Waals surface area contributed by atoms with E-state index in [0.717, 1.165) is 26.2 Å². The molecule has 2 rings (SSSR count). The lowest BCUT2D eigenvalue weighted by molar-refractivity contribution is -0.131. The van der Waals surface area contributed by atoms with E-state index in [1.165, 1.54) is 6.07 Å². The van der Waals surface area contributed by atoms with E-state index in [-0.39, 0.29) is 30.6 Å². The van der Waals surface area contributed by atoms with Crippen LogP contribution in [0.25, 0.3) is 0 Å². The number of amides is 1. The molecule has 1 aromatic carbocycles. The van der Waals surface area contributed by atoms with Gasteiger partial charge in [0.2, 0.25) is 5.91 Å². The van der Waals surface area contributed by atoms with Crippen LogP contribution in [-0.4, -0.2) is 37.0 Å². The molecule has 1 aliphatic rings. The first-order valence-corrected chi connectivity index (χ1v) is 6.38. The highest BCUT2D eigenvalue weighted by molar-refractivity contribution is 9.10. The molecule has 0 atom stereocenters. The highest BCUT2D eigenvalue weighted by Crippen LogP contribution is 2.17. The molecule has 0 saturated carbocycles. The van der Waals surface area contributed by atoms with E-state index in [4.69, 9.17) is 0 Å². The molecule has 0 spiro atoms. The van der Waals surface area contributed by atoms with Gasteiger partial charge in [-0.05, 0) is 33.6 Å². The van der Waals surface area contributed by atoms with E-state index in [2.05, 4.69) is 21.2 Å². The van der Waals surface area contributed by atoms with Crippen molar-refractivity contribution < 1.29 is 9.18 Å². The number of halogens is 3. The first kappa shape index (κ1) is 15.4. The number of hydrogen-bond donors (Lipinski definition) is 1. The van der Waals surface area contributed by atoms with Gasteiger partial charge in [0, 0.05) is 26.2 Å². The zero-order chi connectivity index (χ0) is 12.3. The molecule has 6 heteroatoms.